The number of aromatic nitrogens is 2. The summed E-state index contributed by atoms with van der Waals surface area (Å²) in [6, 6.07) is 17.5. The van der Waals surface area contributed by atoms with Gasteiger partial charge in [-0.25, -0.2) is 9.78 Å². The molecule has 0 aliphatic rings. The van der Waals surface area contributed by atoms with Gasteiger partial charge < -0.3 is 15.0 Å². The van der Waals surface area contributed by atoms with Crippen LogP contribution in [0, 0.1) is 11.8 Å². The number of nitrogens with one attached hydrogen (secondary N) is 2. The maximum atomic E-state index is 14.1. The van der Waals surface area contributed by atoms with Crippen molar-refractivity contribution in [1.29, 1.82) is 0 Å². The number of fused-ring (bicyclic) bond motifs is 1. The molecule has 0 saturated heterocycles. The lowest BCUT2D eigenvalue weighted by Gasteiger charge is -2.27. The number of pyridine rings is 2. The van der Waals surface area contributed by atoms with E-state index in [0.29, 0.717) is 24.5 Å². The van der Waals surface area contributed by atoms with Gasteiger partial charge in [0.2, 0.25) is 0 Å². The molecule has 8 nitrogen and oxygen atoms in total. The topological polar surface area (TPSA) is 90.6 Å². The van der Waals surface area contributed by atoms with Gasteiger partial charge in [-0.3, -0.25) is 14.6 Å². The molecule has 0 fully saturated rings. The van der Waals surface area contributed by atoms with Gasteiger partial charge in [-0.1, -0.05) is 78.9 Å². The van der Waals surface area contributed by atoms with Crippen LogP contribution >= 0.6 is 0 Å². The Balaban J connectivity index is 1.66. The summed E-state index contributed by atoms with van der Waals surface area (Å²) in [5.41, 5.74) is 5.38. The van der Waals surface area contributed by atoms with Gasteiger partial charge in [-0.05, 0) is 96.1 Å². The number of carbonyl (C=O) groups is 1. The summed E-state index contributed by atoms with van der Waals surface area (Å²) in [6.45, 7) is 18.3. The molecule has 2 aromatic carbocycles. The average Bonchev–Trinajstić information content (AvgIpc) is 3.06. The van der Waals surface area contributed by atoms with E-state index in [4.69, 9.17) is 4.74 Å². The molecule has 4 aromatic rings. The van der Waals surface area contributed by atoms with Crippen molar-refractivity contribution in [3.05, 3.63) is 82.3 Å². The fourth-order valence-corrected chi connectivity index (χ4v) is 5.51. The molecular formula is C39H49N5O3. The van der Waals surface area contributed by atoms with E-state index >= 15 is 0 Å². The average molecular weight is 636 g/mol. The van der Waals surface area contributed by atoms with Gasteiger partial charge in [0.15, 0.2) is 0 Å². The molecule has 2 N–H and O–H groups in total. The Morgan fingerprint density at radius 3 is 2.32 bits per heavy atom. The Labute approximate surface area is 279 Å². The van der Waals surface area contributed by atoms with Crippen molar-refractivity contribution in [1.82, 2.24) is 14.9 Å². The number of hydrogen-bond donors (Lipinski definition) is 2. The number of ether oxygens (including phenoxy) is 1. The van der Waals surface area contributed by atoms with Gasteiger partial charge >= 0.3 is 6.03 Å². The first-order chi connectivity index (χ1) is 22.7. The second-order valence-electron chi connectivity index (χ2n) is 12.3. The van der Waals surface area contributed by atoms with E-state index in [1.54, 1.807) is 17.2 Å². The summed E-state index contributed by atoms with van der Waals surface area (Å²) in [4.78, 5) is 38.2. The Morgan fingerprint density at radius 2 is 1.66 bits per heavy atom. The molecule has 47 heavy (non-hydrogen) atoms. The highest BCUT2D eigenvalue weighted by Gasteiger charge is 2.24. The zero-order chi connectivity index (χ0) is 33.9. The minimum Gasteiger partial charge on any atom is -0.481 e. The Hall–Kier alpha value is -4.61. The van der Waals surface area contributed by atoms with Crippen LogP contribution in [0.1, 0.15) is 84.3 Å². The quantitative estimate of drug-likeness (QED) is 0.144. The highest BCUT2D eigenvalue weighted by molar-refractivity contribution is 6.03. The maximum Gasteiger partial charge on any atom is 0.326 e. The lowest BCUT2D eigenvalue weighted by Crippen LogP contribution is -2.39. The zero-order valence-corrected chi connectivity index (χ0v) is 28.9. The van der Waals surface area contributed by atoms with Crippen LogP contribution in [0.15, 0.2) is 65.6 Å². The number of hydrogen-bond acceptors (Lipinski definition) is 5. The van der Waals surface area contributed by atoms with Crippen LogP contribution in [0.2, 0.25) is 0 Å². The third kappa shape index (κ3) is 9.02. The van der Waals surface area contributed by atoms with Crippen LogP contribution in [-0.2, 0) is 0 Å². The van der Waals surface area contributed by atoms with Crippen LogP contribution in [0.4, 0.5) is 16.2 Å². The molecule has 2 aromatic heterocycles. The molecule has 2 heterocycles. The van der Waals surface area contributed by atoms with Crippen LogP contribution in [-0.4, -0.2) is 53.7 Å². The van der Waals surface area contributed by atoms with Crippen molar-refractivity contribution < 1.29 is 9.53 Å². The summed E-state index contributed by atoms with van der Waals surface area (Å²) in [5.74, 6) is 7.34. The molecule has 0 saturated carbocycles. The van der Waals surface area contributed by atoms with E-state index in [9.17, 15) is 9.59 Å². The van der Waals surface area contributed by atoms with Gasteiger partial charge in [0, 0.05) is 23.8 Å². The summed E-state index contributed by atoms with van der Waals surface area (Å²) in [5, 5.41) is 4.01. The van der Waals surface area contributed by atoms with E-state index in [0.717, 1.165) is 71.6 Å². The molecule has 0 unspecified atom stereocenters. The number of rotatable bonds is 13. The second-order valence-corrected chi connectivity index (χ2v) is 12.3. The molecule has 0 spiro atoms. The summed E-state index contributed by atoms with van der Waals surface area (Å²) in [6.07, 6.45) is 3.27. The highest BCUT2D eigenvalue weighted by Crippen LogP contribution is 2.38. The van der Waals surface area contributed by atoms with Crippen LogP contribution < -0.4 is 20.5 Å². The molecule has 0 bridgehead atoms. The van der Waals surface area contributed by atoms with Gasteiger partial charge in [0.25, 0.3) is 5.56 Å². The van der Waals surface area contributed by atoms with E-state index in [1.807, 2.05) is 30.3 Å². The predicted molar refractivity (Wildman–Crippen MR) is 195 cm³/mol. The minimum absolute atomic E-state index is 0.127. The predicted octanol–water partition coefficient (Wildman–Crippen LogP) is 8.40. The number of amides is 2. The fraction of sp³-hybridized carbons (Fsp3) is 0.410. The third-order valence-electron chi connectivity index (χ3n) is 8.34. The van der Waals surface area contributed by atoms with Crippen molar-refractivity contribution in [3.8, 4) is 28.7 Å². The van der Waals surface area contributed by atoms with Crippen molar-refractivity contribution in [2.24, 2.45) is 0 Å². The Bertz CT molecular complexity index is 1750. The molecule has 0 aliphatic heterocycles. The first-order valence-electron chi connectivity index (χ1n) is 16.8. The summed E-state index contributed by atoms with van der Waals surface area (Å²) >= 11 is 0. The standard InChI is InChI=1S/C39H49N5O3/c1-8-11-21-44(35-26-30-17-15-19-40-37(30)42-38(35)45)39(46)41-36-33(27(4)5)24-31(25-34(36)28(6)7)29-16-14-18-32(23-29)47-22-13-12-20-43(9-2)10-3/h14-19,23-28H,8-11,20-22H2,1-7H3,(H,41,46)(H,40,42,45). The van der Waals surface area contributed by atoms with Crippen LogP contribution in [0.5, 0.6) is 5.75 Å². The molecule has 248 valence electrons. The number of benzene rings is 2. The van der Waals surface area contributed by atoms with E-state index in [-0.39, 0.29) is 23.4 Å². The van der Waals surface area contributed by atoms with Crippen molar-refractivity contribution in [2.75, 3.05) is 43.0 Å². The minimum atomic E-state index is -0.344. The van der Waals surface area contributed by atoms with Crippen LogP contribution in [0.3, 0.4) is 0 Å². The number of anilines is 2. The highest BCUT2D eigenvalue weighted by atomic mass is 16.5. The Kier molecular flexibility index (Phi) is 12.6. The number of unbranched alkanes of at least 4 members (excludes halogenated alkanes) is 1. The van der Waals surface area contributed by atoms with Gasteiger partial charge in [0.1, 0.15) is 23.7 Å². The van der Waals surface area contributed by atoms with Gasteiger partial charge in [-0.15, -0.1) is 0 Å². The fourth-order valence-electron chi connectivity index (χ4n) is 5.51. The first-order valence-corrected chi connectivity index (χ1v) is 16.8. The first kappa shape index (κ1) is 35.2. The van der Waals surface area contributed by atoms with Crippen molar-refractivity contribution in [3.63, 3.8) is 0 Å². The van der Waals surface area contributed by atoms with Gasteiger partial charge in [-0.2, -0.15) is 0 Å². The number of nitrogens with zero attached hydrogens (tertiary/aromatic N) is 3. The molecule has 0 aliphatic carbocycles. The normalized spacial score (nSPS) is 11.2. The van der Waals surface area contributed by atoms with Crippen molar-refractivity contribution >= 4 is 28.4 Å². The Morgan fingerprint density at radius 1 is 0.936 bits per heavy atom. The molecular weight excluding hydrogens is 586 g/mol. The smallest absolute Gasteiger partial charge is 0.326 e. The van der Waals surface area contributed by atoms with E-state index < -0.39 is 0 Å². The van der Waals surface area contributed by atoms with E-state index in [1.165, 1.54) is 0 Å². The van der Waals surface area contributed by atoms with Crippen LogP contribution in [0.25, 0.3) is 22.2 Å². The van der Waals surface area contributed by atoms with Crippen molar-refractivity contribution in [2.45, 2.75) is 73.1 Å². The molecule has 0 radical (unpaired) electrons. The number of H-pyrrole nitrogens is 1. The SMILES string of the molecule is CCCCN(C(=O)Nc1c(C(C)C)cc(-c2cccc(OCC#CCN(CC)CC)c2)cc1C(C)C)c1cc2cccnc2[nH]c1=O. The lowest BCUT2D eigenvalue weighted by atomic mass is 9.88. The van der Waals surface area contributed by atoms with E-state index in [2.05, 4.69) is 98.7 Å². The second kappa shape index (κ2) is 16.8. The lowest BCUT2D eigenvalue weighted by molar-refractivity contribution is 0.256. The zero-order valence-electron chi connectivity index (χ0n) is 28.9. The van der Waals surface area contributed by atoms with Gasteiger partial charge in [0.05, 0.1) is 6.54 Å². The monoisotopic (exact) mass is 635 g/mol. The molecule has 8 heteroatoms. The molecule has 4 rings (SSSR count). The number of aromatic amines is 1. The maximum absolute atomic E-state index is 14.1. The molecule has 2 amide bonds. The third-order valence-corrected chi connectivity index (χ3v) is 8.34. The summed E-state index contributed by atoms with van der Waals surface area (Å²) in [7, 11) is 0. The molecule has 0 atom stereocenters. The number of urea groups is 1. The largest absolute Gasteiger partial charge is 0.481 e. The summed E-state index contributed by atoms with van der Waals surface area (Å²) < 4.78 is 6.00. The number of carbonyl (C=O) groups excluding carboxylic acids is 1.